The van der Waals surface area contributed by atoms with Crippen LogP contribution in [0.15, 0.2) is 11.3 Å². The second kappa shape index (κ2) is 14.0. The van der Waals surface area contributed by atoms with Gasteiger partial charge in [-0.15, -0.1) is 5.70 Å². The zero-order valence-electron chi connectivity index (χ0n) is 12.6. The van der Waals surface area contributed by atoms with E-state index >= 15 is 0 Å². The normalized spacial score (nSPS) is 11.2. The number of allylic oxidation sites excluding steroid dienone is 1. The highest BCUT2D eigenvalue weighted by atomic mass is 28.2. The zero-order valence-corrected chi connectivity index (χ0v) is 14.0. The molecule has 0 aromatic rings. The van der Waals surface area contributed by atoms with Crippen molar-refractivity contribution in [1.29, 1.82) is 0 Å². The van der Waals surface area contributed by atoms with Crippen LogP contribution in [0.25, 0.3) is 0 Å². The molecular formula is C16H34Si. The lowest BCUT2D eigenvalue weighted by atomic mass is 10.1. The van der Waals surface area contributed by atoms with Gasteiger partial charge < -0.3 is 0 Å². The summed E-state index contributed by atoms with van der Waals surface area (Å²) in [6.07, 6.45) is 14.6. The van der Waals surface area contributed by atoms with Gasteiger partial charge in [-0.2, -0.15) is 0 Å². The Morgan fingerprint density at radius 2 is 1.24 bits per heavy atom. The van der Waals surface area contributed by atoms with E-state index in [-0.39, 0.29) is 9.52 Å². The largest absolute Gasteiger partial charge is 0.103 e. The van der Waals surface area contributed by atoms with Crippen LogP contribution in [0.3, 0.4) is 0 Å². The lowest BCUT2D eigenvalue weighted by molar-refractivity contribution is 0.562. The summed E-state index contributed by atoms with van der Waals surface area (Å²) in [5, 5.41) is 0. The third kappa shape index (κ3) is 16.0. The predicted octanol–water partition coefficient (Wildman–Crippen LogP) is 5.42. The molecule has 1 heteroatoms. The molecule has 0 atom stereocenters. The molecule has 0 aromatic heterocycles. The lowest BCUT2D eigenvalue weighted by Gasteiger charge is -2.01. The van der Waals surface area contributed by atoms with E-state index in [0.717, 1.165) is 0 Å². The maximum Gasteiger partial charge on any atom is 0.0453 e. The van der Waals surface area contributed by atoms with Crippen molar-refractivity contribution in [2.45, 2.75) is 91.0 Å². The van der Waals surface area contributed by atoms with Gasteiger partial charge in [-0.1, -0.05) is 82.7 Å². The van der Waals surface area contributed by atoms with Crippen molar-refractivity contribution in [3.63, 3.8) is 0 Å². The van der Waals surface area contributed by atoms with E-state index in [1.165, 1.54) is 75.8 Å². The minimum absolute atomic E-state index is 0.148. The second-order valence-electron chi connectivity index (χ2n) is 5.61. The van der Waals surface area contributed by atoms with Gasteiger partial charge in [0.1, 0.15) is 0 Å². The molecule has 0 radical (unpaired) electrons. The van der Waals surface area contributed by atoms with Crippen LogP contribution in [0.4, 0.5) is 0 Å². The Bertz CT molecular complexity index is 168. The first kappa shape index (κ1) is 17.0. The van der Waals surface area contributed by atoms with Crippen LogP contribution in [0.2, 0.25) is 6.04 Å². The predicted molar refractivity (Wildman–Crippen MR) is 84.6 cm³/mol. The van der Waals surface area contributed by atoms with E-state index < -0.39 is 0 Å². The monoisotopic (exact) mass is 254 g/mol. The molecule has 0 aliphatic carbocycles. The van der Waals surface area contributed by atoms with Crippen molar-refractivity contribution < 1.29 is 0 Å². The van der Waals surface area contributed by atoms with E-state index in [1.807, 2.05) is 0 Å². The minimum Gasteiger partial charge on any atom is -0.103 e. The molecule has 0 amide bonds. The molecule has 0 spiro atoms. The van der Waals surface area contributed by atoms with Gasteiger partial charge in [0.15, 0.2) is 0 Å². The molecule has 0 nitrogen and oxygen atoms in total. The van der Waals surface area contributed by atoms with Crippen LogP contribution in [0.5, 0.6) is 0 Å². The van der Waals surface area contributed by atoms with E-state index in [1.54, 1.807) is 0 Å². The van der Waals surface area contributed by atoms with E-state index in [0.29, 0.717) is 0 Å². The first-order valence-corrected chi connectivity index (χ1v) is 9.72. The van der Waals surface area contributed by atoms with Crippen molar-refractivity contribution >= 4 is 9.52 Å². The van der Waals surface area contributed by atoms with Crippen LogP contribution in [0.1, 0.15) is 85.0 Å². The molecule has 102 valence electrons. The molecule has 0 N–H and O–H groups in total. The van der Waals surface area contributed by atoms with Gasteiger partial charge in [0.05, 0.1) is 0 Å². The van der Waals surface area contributed by atoms with Gasteiger partial charge in [0, 0.05) is 9.52 Å². The zero-order chi connectivity index (χ0) is 12.8. The molecule has 17 heavy (non-hydrogen) atoms. The van der Waals surface area contributed by atoms with Gasteiger partial charge >= 0.3 is 0 Å². The van der Waals surface area contributed by atoms with Gasteiger partial charge in [-0.3, -0.25) is 0 Å². The molecule has 0 aliphatic rings. The maximum absolute atomic E-state index is 2.51. The topological polar surface area (TPSA) is 0 Å². The number of rotatable bonds is 12. The Hall–Kier alpha value is -0.0431. The SMILES string of the molecule is CCCCCCCCCCCC[SiH2]C=C(C)C. The van der Waals surface area contributed by atoms with Crippen molar-refractivity contribution in [1.82, 2.24) is 0 Å². The first-order chi connectivity index (χ1) is 8.27. The van der Waals surface area contributed by atoms with Crippen LogP contribution in [-0.2, 0) is 0 Å². The smallest absolute Gasteiger partial charge is 0.0453 e. The summed E-state index contributed by atoms with van der Waals surface area (Å²) in [6.45, 7) is 6.75. The summed E-state index contributed by atoms with van der Waals surface area (Å²) in [5.74, 6) is 0. The minimum atomic E-state index is 0.148. The van der Waals surface area contributed by atoms with Gasteiger partial charge in [0.2, 0.25) is 0 Å². The Morgan fingerprint density at radius 3 is 1.71 bits per heavy atom. The van der Waals surface area contributed by atoms with Crippen molar-refractivity contribution in [3.8, 4) is 0 Å². The highest BCUT2D eigenvalue weighted by molar-refractivity contribution is 6.42. The number of unbranched alkanes of at least 4 members (excludes halogenated alkanes) is 9. The second-order valence-corrected chi connectivity index (χ2v) is 7.30. The quantitative estimate of drug-likeness (QED) is 0.322. The lowest BCUT2D eigenvalue weighted by Crippen LogP contribution is -1.87. The molecule has 0 fully saturated rings. The average Bonchev–Trinajstić information content (AvgIpc) is 2.30. The fraction of sp³-hybridized carbons (Fsp3) is 0.875. The molecular weight excluding hydrogens is 220 g/mol. The van der Waals surface area contributed by atoms with E-state index in [4.69, 9.17) is 0 Å². The Kier molecular flexibility index (Phi) is 14.0. The highest BCUT2D eigenvalue weighted by Gasteiger charge is 1.92. The first-order valence-electron chi connectivity index (χ1n) is 7.90. The van der Waals surface area contributed by atoms with E-state index in [9.17, 15) is 0 Å². The maximum atomic E-state index is 2.51. The summed E-state index contributed by atoms with van der Waals surface area (Å²) in [5.41, 5.74) is 4.04. The van der Waals surface area contributed by atoms with Crippen LogP contribution >= 0.6 is 0 Å². The Morgan fingerprint density at radius 1 is 0.765 bits per heavy atom. The van der Waals surface area contributed by atoms with Gasteiger partial charge in [-0.05, 0) is 13.8 Å². The Balaban J connectivity index is 2.96. The van der Waals surface area contributed by atoms with Crippen LogP contribution in [0, 0.1) is 0 Å². The summed E-state index contributed by atoms with van der Waals surface area (Å²) < 4.78 is 0. The highest BCUT2D eigenvalue weighted by Crippen LogP contribution is 2.11. The number of hydrogen-bond acceptors (Lipinski definition) is 0. The summed E-state index contributed by atoms with van der Waals surface area (Å²) in [6, 6.07) is 1.53. The fourth-order valence-electron chi connectivity index (χ4n) is 2.20. The van der Waals surface area contributed by atoms with Crippen LogP contribution < -0.4 is 0 Å². The fourth-order valence-corrected chi connectivity index (χ4v) is 3.62. The molecule has 0 aromatic carbocycles. The summed E-state index contributed by atoms with van der Waals surface area (Å²) in [4.78, 5) is 0. The molecule has 0 saturated carbocycles. The third-order valence-corrected chi connectivity index (χ3v) is 5.37. The standard InChI is InChI=1S/C16H34Si/c1-4-5-6-7-8-9-10-11-12-13-14-17-15-16(2)3/h15H,4-14,17H2,1-3H3. The molecule has 0 aliphatic heterocycles. The Labute approximate surface area is 112 Å². The molecule has 0 rings (SSSR count). The average molecular weight is 255 g/mol. The molecule has 0 heterocycles. The van der Waals surface area contributed by atoms with E-state index in [2.05, 4.69) is 26.5 Å². The van der Waals surface area contributed by atoms with Crippen molar-refractivity contribution in [2.75, 3.05) is 0 Å². The van der Waals surface area contributed by atoms with Gasteiger partial charge in [-0.25, -0.2) is 0 Å². The molecule has 0 unspecified atom stereocenters. The molecule has 0 bridgehead atoms. The summed E-state index contributed by atoms with van der Waals surface area (Å²) >= 11 is 0. The summed E-state index contributed by atoms with van der Waals surface area (Å²) in [7, 11) is 0.148. The van der Waals surface area contributed by atoms with Crippen LogP contribution in [-0.4, -0.2) is 9.52 Å². The number of hydrogen-bond donors (Lipinski definition) is 0. The van der Waals surface area contributed by atoms with Crippen molar-refractivity contribution in [3.05, 3.63) is 11.3 Å². The third-order valence-electron chi connectivity index (χ3n) is 3.36. The van der Waals surface area contributed by atoms with Gasteiger partial charge in [0.25, 0.3) is 0 Å². The van der Waals surface area contributed by atoms with Crippen molar-refractivity contribution in [2.24, 2.45) is 0 Å². The molecule has 0 saturated heterocycles.